The molecule has 13 heteroatoms. The van der Waals surface area contributed by atoms with E-state index in [4.69, 9.17) is 9.47 Å². The molecule has 0 aliphatic carbocycles. The number of benzene rings is 1. The van der Waals surface area contributed by atoms with Gasteiger partial charge in [-0.15, -0.1) is 5.10 Å². The molecule has 4 aromatic rings. The molecule has 0 unspecified atom stereocenters. The maximum Gasteiger partial charge on any atom is 0.387 e. The van der Waals surface area contributed by atoms with Crippen molar-refractivity contribution < 1.29 is 32.2 Å². The van der Waals surface area contributed by atoms with Crippen molar-refractivity contribution in [3.63, 3.8) is 0 Å². The van der Waals surface area contributed by atoms with Crippen LogP contribution in [-0.4, -0.2) is 68.5 Å². The van der Waals surface area contributed by atoms with Crippen LogP contribution in [0.4, 0.5) is 13.2 Å². The summed E-state index contributed by atoms with van der Waals surface area (Å²) in [4.78, 5) is 33.5. The predicted octanol–water partition coefficient (Wildman–Crippen LogP) is 4.05. The van der Waals surface area contributed by atoms with Gasteiger partial charge in [-0.05, 0) is 35.8 Å². The molecule has 4 heterocycles. The summed E-state index contributed by atoms with van der Waals surface area (Å²) in [6.45, 7) is -2.15. The molecule has 0 radical (unpaired) electrons. The molecular weight excluding hydrogens is 517 g/mol. The maximum absolute atomic E-state index is 16.0. The molecule has 3 aromatic heterocycles. The fraction of sp³-hybridized carbons (Fsp3) is 0.269. The molecule has 10 nitrogen and oxygen atoms in total. The van der Waals surface area contributed by atoms with Crippen LogP contribution in [0.15, 0.2) is 49.1 Å². The Morgan fingerprint density at radius 2 is 2.03 bits per heavy atom. The molecule has 0 saturated carbocycles. The molecule has 39 heavy (non-hydrogen) atoms. The van der Waals surface area contributed by atoms with Crippen molar-refractivity contribution >= 4 is 28.4 Å². The quantitative estimate of drug-likeness (QED) is 0.335. The largest absolute Gasteiger partial charge is 0.464 e. The molecule has 5 rings (SSSR count). The Morgan fingerprint density at radius 3 is 2.77 bits per heavy atom. The zero-order chi connectivity index (χ0) is 27.5. The van der Waals surface area contributed by atoms with Gasteiger partial charge in [-0.1, -0.05) is 11.3 Å². The van der Waals surface area contributed by atoms with E-state index in [2.05, 4.69) is 20.3 Å². The zero-order valence-corrected chi connectivity index (χ0v) is 20.7. The highest BCUT2D eigenvalue weighted by Gasteiger charge is 2.26. The summed E-state index contributed by atoms with van der Waals surface area (Å²) >= 11 is 0. The SMILES string of the molecule is COC(=O)c1cc2c(-c3cnccc3OC(F)F)cc(C3=CCCN(C(=O)CCn4ccnn4)C3)c(F)c2[nH]1. The van der Waals surface area contributed by atoms with Crippen LogP contribution in [0.1, 0.15) is 28.9 Å². The molecule has 0 spiro atoms. The highest BCUT2D eigenvalue weighted by Crippen LogP contribution is 2.40. The van der Waals surface area contributed by atoms with Crippen molar-refractivity contribution in [3.05, 3.63) is 66.1 Å². The van der Waals surface area contributed by atoms with Crippen LogP contribution in [0, 0.1) is 5.82 Å². The number of fused-ring (bicyclic) bond motifs is 1. The minimum Gasteiger partial charge on any atom is -0.464 e. The van der Waals surface area contributed by atoms with Crippen molar-refractivity contribution in [1.82, 2.24) is 29.9 Å². The number of aromatic amines is 1. The minimum atomic E-state index is -3.10. The Morgan fingerprint density at radius 1 is 1.18 bits per heavy atom. The van der Waals surface area contributed by atoms with Gasteiger partial charge in [-0.2, -0.15) is 8.78 Å². The number of rotatable bonds is 8. The standard InChI is InChI=1S/C26H23F3N6O4/c1-38-25(37)20-12-18-17(19-13-30-6-4-21(19)39-26(28)29)11-16(23(27)24(18)32-20)15-3-2-8-34(14-15)22(36)5-9-35-10-7-31-33-35/h3-4,6-7,10-13,26,32H,2,5,8-9,14H2,1H3. The molecule has 1 N–H and O–H groups in total. The number of hydrogen-bond donors (Lipinski definition) is 1. The third-order valence-electron chi connectivity index (χ3n) is 6.42. The number of halogens is 3. The summed E-state index contributed by atoms with van der Waals surface area (Å²) in [5.74, 6) is -1.69. The number of nitrogens with zero attached hydrogens (tertiary/aromatic N) is 5. The summed E-state index contributed by atoms with van der Waals surface area (Å²) in [7, 11) is 1.19. The number of ether oxygens (including phenoxy) is 2. The third kappa shape index (κ3) is 5.33. The van der Waals surface area contributed by atoms with E-state index in [-0.39, 0.29) is 52.3 Å². The normalized spacial score (nSPS) is 13.6. The van der Waals surface area contributed by atoms with E-state index >= 15 is 4.39 Å². The average molecular weight is 541 g/mol. The third-order valence-corrected chi connectivity index (χ3v) is 6.42. The average Bonchev–Trinajstić information content (AvgIpc) is 3.63. The highest BCUT2D eigenvalue weighted by atomic mass is 19.3. The Hall–Kier alpha value is -4.68. The van der Waals surface area contributed by atoms with Crippen LogP contribution in [-0.2, 0) is 16.1 Å². The number of H-pyrrole nitrogens is 1. The number of alkyl halides is 2. The number of aromatic nitrogens is 5. The highest BCUT2D eigenvalue weighted by molar-refractivity contribution is 6.04. The zero-order valence-electron chi connectivity index (χ0n) is 20.7. The number of carbonyl (C=O) groups is 2. The lowest BCUT2D eigenvalue weighted by molar-refractivity contribution is -0.131. The van der Waals surface area contributed by atoms with Crippen LogP contribution in [0.25, 0.3) is 27.6 Å². The van der Waals surface area contributed by atoms with Gasteiger partial charge in [0.15, 0.2) is 5.82 Å². The molecule has 0 bridgehead atoms. The monoisotopic (exact) mass is 540 g/mol. The van der Waals surface area contributed by atoms with Gasteiger partial charge in [0.05, 0.1) is 25.4 Å². The van der Waals surface area contributed by atoms with Gasteiger partial charge in [0.1, 0.15) is 11.4 Å². The molecule has 0 atom stereocenters. The van der Waals surface area contributed by atoms with Gasteiger partial charge in [0, 0.05) is 54.6 Å². The van der Waals surface area contributed by atoms with Crippen molar-refractivity contribution in [2.45, 2.75) is 26.0 Å². The Balaban J connectivity index is 1.56. The van der Waals surface area contributed by atoms with Crippen molar-refractivity contribution in [2.24, 2.45) is 0 Å². The van der Waals surface area contributed by atoms with Gasteiger partial charge in [-0.3, -0.25) is 14.5 Å². The summed E-state index contributed by atoms with van der Waals surface area (Å²) in [6.07, 6.45) is 8.31. The first-order valence-corrected chi connectivity index (χ1v) is 12.0. The molecule has 0 fully saturated rings. The fourth-order valence-corrected chi connectivity index (χ4v) is 4.59. The first kappa shape index (κ1) is 25.9. The smallest absolute Gasteiger partial charge is 0.387 e. The van der Waals surface area contributed by atoms with E-state index in [0.717, 1.165) is 0 Å². The van der Waals surface area contributed by atoms with Crippen LogP contribution in [0.3, 0.4) is 0 Å². The lowest BCUT2D eigenvalue weighted by Crippen LogP contribution is -2.36. The maximum atomic E-state index is 16.0. The van der Waals surface area contributed by atoms with E-state index in [0.29, 0.717) is 30.6 Å². The second-order valence-corrected chi connectivity index (χ2v) is 8.75. The van der Waals surface area contributed by atoms with Crippen molar-refractivity contribution in [2.75, 3.05) is 20.2 Å². The lowest BCUT2D eigenvalue weighted by Gasteiger charge is -2.28. The molecule has 1 aromatic carbocycles. The minimum absolute atomic E-state index is 0.0208. The topological polar surface area (TPSA) is 115 Å². The van der Waals surface area contributed by atoms with E-state index in [9.17, 15) is 18.4 Å². The fourth-order valence-electron chi connectivity index (χ4n) is 4.59. The number of aryl methyl sites for hydroxylation is 1. The number of nitrogens with one attached hydrogen (secondary N) is 1. The summed E-state index contributed by atoms with van der Waals surface area (Å²) < 4.78 is 53.3. The molecule has 1 amide bonds. The second-order valence-electron chi connectivity index (χ2n) is 8.75. The number of carbonyl (C=O) groups excluding carboxylic acids is 2. The molecule has 202 valence electrons. The van der Waals surface area contributed by atoms with Crippen LogP contribution >= 0.6 is 0 Å². The number of amides is 1. The van der Waals surface area contributed by atoms with Gasteiger partial charge in [0.25, 0.3) is 0 Å². The van der Waals surface area contributed by atoms with Gasteiger partial charge in [-0.25, -0.2) is 9.18 Å². The first-order valence-electron chi connectivity index (χ1n) is 12.0. The number of methoxy groups -OCH3 is 1. The van der Waals surface area contributed by atoms with Crippen molar-refractivity contribution in [1.29, 1.82) is 0 Å². The van der Waals surface area contributed by atoms with Crippen LogP contribution < -0.4 is 4.74 Å². The lowest BCUT2D eigenvalue weighted by atomic mass is 9.93. The van der Waals surface area contributed by atoms with Crippen LogP contribution in [0.2, 0.25) is 0 Å². The molecular formula is C26H23F3N6O4. The predicted molar refractivity (Wildman–Crippen MR) is 133 cm³/mol. The van der Waals surface area contributed by atoms with Gasteiger partial charge in [0.2, 0.25) is 5.91 Å². The van der Waals surface area contributed by atoms with Crippen LogP contribution in [0.5, 0.6) is 5.75 Å². The van der Waals surface area contributed by atoms with Gasteiger partial charge >= 0.3 is 12.6 Å². The Bertz CT molecular complexity index is 1550. The van der Waals surface area contributed by atoms with Gasteiger partial charge < -0.3 is 19.4 Å². The molecule has 1 aliphatic heterocycles. The first-order chi connectivity index (χ1) is 18.9. The molecule has 0 saturated heterocycles. The number of pyridine rings is 1. The van der Waals surface area contributed by atoms with E-state index in [1.54, 1.807) is 15.8 Å². The van der Waals surface area contributed by atoms with Crippen molar-refractivity contribution in [3.8, 4) is 16.9 Å². The Labute approximate surface area is 220 Å². The number of hydrogen-bond acceptors (Lipinski definition) is 7. The summed E-state index contributed by atoms with van der Waals surface area (Å²) in [6, 6.07) is 4.16. The van der Waals surface area contributed by atoms with E-state index < -0.39 is 18.4 Å². The second kappa shape index (κ2) is 11.0. The summed E-state index contributed by atoms with van der Waals surface area (Å²) in [5, 5.41) is 7.83. The number of esters is 1. The van der Waals surface area contributed by atoms with E-state index in [1.165, 1.54) is 43.9 Å². The van der Waals surface area contributed by atoms with E-state index in [1.807, 2.05) is 6.08 Å². The Kier molecular flexibility index (Phi) is 7.30. The summed E-state index contributed by atoms with van der Waals surface area (Å²) in [5.41, 5.74) is 1.13. The molecule has 1 aliphatic rings.